The molecule has 0 radical (unpaired) electrons. The average molecular weight is 221 g/mol. The van der Waals surface area contributed by atoms with Crippen LogP contribution in [-0.2, 0) is 6.42 Å². The van der Waals surface area contributed by atoms with Gasteiger partial charge in [0.05, 0.1) is 0 Å². The van der Waals surface area contributed by atoms with Crippen LogP contribution in [-0.4, -0.2) is 22.2 Å². The summed E-state index contributed by atoms with van der Waals surface area (Å²) < 4.78 is 39.1. The van der Waals surface area contributed by atoms with Gasteiger partial charge in [0.2, 0.25) is 0 Å². The van der Waals surface area contributed by atoms with Crippen molar-refractivity contribution in [1.29, 1.82) is 0 Å². The lowest BCUT2D eigenvalue weighted by Crippen LogP contribution is -2.17. The summed E-state index contributed by atoms with van der Waals surface area (Å²) in [4.78, 5) is 8.54. The highest BCUT2D eigenvalue weighted by Gasteiger charge is 2.31. The second-order valence-electron chi connectivity index (χ2n) is 2.79. The first-order valence-corrected chi connectivity index (χ1v) is 3.95. The molecule has 3 nitrogen and oxygen atoms in total. The maximum atomic E-state index is 11.8. The van der Waals surface area contributed by atoms with Gasteiger partial charge in [0, 0.05) is 0 Å². The molecule has 0 saturated heterocycles. The smallest absolute Gasteiger partial charge is 0.406 e. The SMILES string of the molecule is OC(=[OH+])Cc1cccc(OC(F)(F)F)c1. The number of aliphatic carboxylic acids is 1. The standard InChI is InChI=1S/C9H7F3O3/c10-9(11,12)15-7-3-1-2-6(4-7)5-8(13)14/h1-4H,5H2,(H,13,14)/p+1. The molecule has 1 aromatic carbocycles. The normalized spacial score (nSPS) is 11.1. The Bertz CT molecular complexity index is 360. The maximum absolute atomic E-state index is 11.8. The number of hydrogen-bond donors (Lipinski definition) is 1. The Morgan fingerprint density at radius 3 is 2.60 bits per heavy atom. The summed E-state index contributed by atoms with van der Waals surface area (Å²) in [6.45, 7) is 0. The molecule has 0 spiro atoms. The van der Waals surface area contributed by atoms with Crippen molar-refractivity contribution in [2.24, 2.45) is 0 Å². The van der Waals surface area contributed by atoms with Crippen LogP contribution in [0.5, 0.6) is 5.75 Å². The van der Waals surface area contributed by atoms with E-state index in [-0.39, 0.29) is 12.2 Å². The Balaban J connectivity index is 2.79. The molecule has 0 atom stereocenters. The van der Waals surface area contributed by atoms with Gasteiger partial charge in [-0.1, -0.05) is 12.1 Å². The Kier molecular flexibility index (Phi) is 3.18. The third-order valence-electron chi connectivity index (χ3n) is 1.49. The fraction of sp³-hybridized carbons (Fsp3) is 0.222. The molecular formula is C9H8F3O3+. The zero-order valence-electron chi connectivity index (χ0n) is 7.45. The van der Waals surface area contributed by atoms with Gasteiger partial charge in [-0.05, 0) is 17.7 Å². The molecule has 82 valence electrons. The van der Waals surface area contributed by atoms with E-state index in [1.165, 1.54) is 12.1 Å². The summed E-state index contributed by atoms with van der Waals surface area (Å²) in [6.07, 6.45) is -4.97. The van der Waals surface area contributed by atoms with Crippen molar-refractivity contribution in [3.63, 3.8) is 0 Å². The monoisotopic (exact) mass is 221 g/mol. The maximum Gasteiger partial charge on any atom is 0.573 e. The number of aliphatic hydroxyl groups excluding tert-OH is 1. The number of benzene rings is 1. The lowest BCUT2D eigenvalue weighted by atomic mass is 10.1. The van der Waals surface area contributed by atoms with Gasteiger partial charge in [0.15, 0.2) is 0 Å². The van der Waals surface area contributed by atoms with Crippen LogP contribution >= 0.6 is 0 Å². The van der Waals surface area contributed by atoms with Crippen molar-refractivity contribution in [3.05, 3.63) is 29.8 Å². The number of ether oxygens (including phenoxy) is 1. The molecule has 0 aliphatic rings. The zero-order chi connectivity index (χ0) is 11.5. The van der Waals surface area contributed by atoms with Crippen LogP contribution < -0.4 is 4.74 Å². The van der Waals surface area contributed by atoms with Gasteiger partial charge in [0.1, 0.15) is 12.2 Å². The van der Waals surface area contributed by atoms with Crippen molar-refractivity contribution < 1.29 is 27.8 Å². The minimum Gasteiger partial charge on any atom is -0.406 e. The van der Waals surface area contributed by atoms with E-state index >= 15 is 0 Å². The molecule has 0 aliphatic heterocycles. The van der Waals surface area contributed by atoms with E-state index in [2.05, 4.69) is 4.74 Å². The number of hydrogen-bond acceptors (Lipinski definition) is 1. The van der Waals surface area contributed by atoms with Gasteiger partial charge in [-0.2, -0.15) is 0 Å². The molecule has 1 aromatic rings. The van der Waals surface area contributed by atoms with Gasteiger partial charge >= 0.3 is 12.3 Å². The van der Waals surface area contributed by atoms with Gasteiger partial charge < -0.3 is 14.6 Å². The Hall–Kier alpha value is -1.72. The highest BCUT2D eigenvalue weighted by molar-refractivity contribution is 5.71. The molecule has 15 heavy (non-hydrogen) atoms. The van der Waals surface area contributed by atoms with Crippen molar-refractivity contribution in [1.82, 2.24) is 0 Å². The second kappa shape index (κ2) is 4.20. The van der Waals surface area contributed by atoms with E-state index < -0.39 is 12.3 Å². The highest BCUT2D eigenvalue weighted by atomic mass is 19.4. The molecule has 2 N–H and O–H groups in total. The molecule has 0 unspecified atom stereocenters. The van der Waals surface area contributed by atoms with E-state index in [1.807, 2.05) is 0 Å². The quantitative estimate of drug-likeness (QED) is 0.795. The van der Waals surface area contributed by atoms with Crippen LogP contribution in [0.2, 0.25) is 0 Å². The first-order valence-electron chi connectivity index (χ1n) is 3.95. The highest BCUT2D eigenvalue weighted by Crippen LogP contribution is 2.23. The second-order valence-corrected chi connectivity index (χ2v) is 2.79. The molecular weight excluding hydrogens is 213 g/mol. The molecule has 0 aromatic heterocycles. The van der Waals surface area contributed by atoms with E-state index in [4.69, 9.17) is 9.90 Å². The molecule has 0 fully saturated rings. The third-order valence-corrected chi connectivity index (χ3v) is 1.49. The van der Waals surface area contributed by atoms with Crippen LogP contribution in [0.15, 0.2) is 24.3 Å². The van der Waals surface area contributed by atoms with Gasteiger partial charge in [-0.15, -0.1) is 13.2 Å². The molecule has 0 amide bonds. The predicted octanol–water partition coefficient (Wildman–Crippen LogP) is 2.19. The third kappa shape index (κ3) is 4.35. The van der Waals surface area contributed by atoms with Crippen molar-refractivity contribution in [2.75, 3.05) is 0 Å². The summed E-state index contributed by atoms with van der Waals surface area (Å²) in [6, 6.07) is 5.00. The van der Waals surface area contributed by atoms with Crippen LogP contribution in [0.3, 0.4) is 0 Å². The summed E-state index contributed by atoms with van der Waals surface area (Å²) >= 11 is 0. The van der Waals surface area contributed by atoms with Crippen LogP contribution in [0.1, 0.15) is 5.56 Å². The number of carboxylic acid groups (broad SMARTS) is 1. The van der Waals surface area contributed by atoms with E-state index in [1.54, 1.807) is 0 Å². The van der Waals surface area contributed by atoms with Gasteiger partial charge in [0.25, 0.3) is 0 Å². The van der Waals surface area contributed by atoms with Crippen molar-refractivity contribution in [3.8, 4) is 5.75 Å². The molecule has 0 saturated carbocycles. The first-order chi connectivity index (χ1) is 6.87. The predicted molar refractivity (Wildman–Crippen MR) is 46.4 cm³/mol. The number of rotatable bonds is 3. The van der Waals surface area contributed by atoms with Crippen molar-refractivity contribution >= 4 is 5.97 Å². The molecule has 0 bridgehead atoms. The Morgan fingerprint density at radius 1 is 1.40 bits per heavy atom. The first kappa shape index (κ1) is 11.4. The topological polar surface area (TPSA) is 50.9 Å². The van der Waals surface area contributed by atoms with Crippen molar-refractivity contribution in [2.45, 2.75) is 12.8 Å². The van der Waals surface area contributed by atoms with Crippen LogP contribution in [0.25, 0.3) is 0 Å². The largest absolute Gasteiger partial charge is 0.573 e. The van der Waals surface area contributed by atoms with E-state index in [0.29, 0.717) is 5.56 Å². The summed E-state index contributed by atoms with van der Waals surface area (Å²) in [7, 11) is 0. The number of carboxylic acids is 1. The fourth-order valence-electron chi connectivity index (χ4n) is 1.04. The van der Waals surface area contributed by atoms with Gasteiger partial charge in [-0.25, -0.2) is 0 Å². The zero-order valence-corrected chi connectivity index (χ0v) is 7.45. The lowest BCUT2D eigenvalue weighted by molar-refractivity contribution is -0.274. The Labute approximate surface area is 83.1 Å². The minimum absolute atomic E-state index is 0.227. The summed E-state index contributed by atoms with van der Waals surface area (Å²) in [5.41, 5.74) is 0.316. The Morgan fingerprint density at radius 2 is 2.07 bits per heavy atom. The molecule has 6 heteroatoms. The number of halogens is 3. The van der Waals surface area contributed by atoms with Gasteiger partial charge in [-0.3, -0.25) is 0 Å². The fourth-order valence-corrected chi connectivity index (χ4v) is 1.04. The minimum atomic E-state index is -4.75. The van der Waals surface area contributed by atoms with E-state index in [9.17, 15) is 13.2 Å². The average Bonchev–Trinajstić information content (AvgIpc) is 1.99. The number of alkyl halides is 3. The van der Waals surface area contributed by atoms with E-state index in [0.717, 1.165) is 12.1 Å². The van der Waals surface area contributed by atoms with Crippen LogP contribution in [0.4, 0.5) is 13.2 Å². The summed E-state index contributed by atoms with van der Waals surface area (Å²) in [5.74, 6) is -1.25. The summed E-state index contributed by atoms with van der Waals surface area (Å²) in [5, 5.41) is 8.54. The molecule has 1 rings (SSSR count). The molecule has 0 heterocycles. The molecule has 0 aliphatic carbocycles. The lowest BCUT2D eigenvalue weighted by Gasteiger charge is -2.08. The van der Waals surface area contributed by atoms with Crippen LogP contribution in [0, 0.1) is 0 Å².